The lowest BCUT2D eigenvalue weighted by atomic mass is 10.1. The average molecular weight is 592 g/mol. The van der Waals surface area contributed by atoms with E-state index in [1.165, 1.54) is 12.1 Å². The number of piperazine rings is 2. The van der Waals surface area contributed by atoms with Gasteiger partial charge >= 0.3 is 12.1 Å². The Balaban J connectivity index is 0.000000532. The van der Waals surface area contributed by atoms with Crippen LogP contribution in [0.2, 0.25) is 5.02 Å². The predicted molar refractivity (Wildman–Crippen MR) is 141 cm³/mol. The minimum absolute atomic E-state index is 0.0862. The van der Waals surface area contributed by atoms with E-state index in [1.807, 2.05) is 18.0 Å². The molecule has 2 aromatic rings. The molecule has 10 nitrogen and oxygen atoms in total. The van der Waals surface area contributed by atoms with Crippen LogP contribution in [0.3, 0.4) is 0 Å². The van der Waals surface area contributed by atoms with Gasteiger partial charge < -0.3 is 25.1 Å². The highest BCUT2D eigenvalue weighted by Crippen LogP contribution is 2.31. The number of sulfonamides is 1. The second-order valence-electron chi connectivity index (χ2n) is 8.93. The molecule has 1 amide bonds. The summed E-state index contributed by atoms with van der Waals surface area (Å²) in [7, 11) is -1.81. The number of alkyl halides is 3. The van der Waals surface area contributed by atoms with E-state index in [4.69, 9.17) is 21.5 Å². The number of hydrogen-bond acceptors (Lipinski definition) is 7. The van der Waals surface area contributed by atoms with Crippen molar-refractivity contribution in [3.05, 3.63) is 53.1 Å². The first-order valence-corrected chi connectivity index (χ1v) is 13.8. The number of nitrogens with zero attached hydrogens (tertiary/aromatic N) is 3. The molecule has 2 aromatic carbocycles. The smallest absolute Gasteiger partial charge is 0.475 e. The first-order valence-electron chi connectivity index (χ1n) is 11.9. The molecule has 0 saturated carbocycles. The summed E-state index contributed by atoms with van der Waals surface area (Å²) in [6, 6.07) is 11.3. The van der Waals surface area contributed by atoms with Gasteiger partial charge in [0.1, 0.15) is 0 Å². The number of hydrogen-bond donors (Lipinski definition) is 3. The Bertz CT molecular complexity index is 1260. The Morgan fingerprint density at radius 1 is 0.974 bits per heavy atom. The van der Waals surface area contributed by atoms with Gasteiger partial charge in [-0.1, -0.05) is 11.6 Å². The van der Waals surface area contributed by atoms with Gasteiger partial charge in [0, 0.05) is 62.9 Å². The largest absolute Gasteiger partial charge is 0.490 e. The van der Waals surface area contributed by atoms with Gasteiger partial charge in [0.25, 0.3) is 15.9 Å². The summed E-state index contributed by atoms with van der Waals surface area (Å²) in [5.41, 5.74) is 1.64. The summed E-state index contributed by atoms with van der Waals surface area (Å²) in [6.45, 7) is 6.07. The Morgan fingerprint density at radius 3 is 2.08 bits per heavy atom. The van der Waals surface area contributed by atoms with Crippen LogP contribution in [-0.2, 0) is 14.8 Å². The summed E-state index contributed by atoms with van der Waals surface area (Å²) in [6.07, 6.45) is -5.08. The van der Waals surface area contributed by atoms with Crippen LogP contribution in [0.5, 0.6) is 0 Å². The molecule has 2 saturated heterocycles. The van der Waals surface area contributed by atoms with Crippen LogP contribution < -0.4 is 14.9 Å². The first kappa shape index (κ1) is 30.5. The lowest BCUT2D eigenvalue weighted by Crippen LogP contribution is -2.47. The van der Waals surface area contributed by atoms with Crippen molar-refractivity contribution < 1.29 is 36.3 Å². The number of benzene rings is 2. The van der Waals surface area contributed by atoms with Crippen LogP contribution in [0.1, 0.15) is 10.4 Å². The number of carboxylic acids is 1. The molecule has 2 aliphatic heterocycles. The SMILES string of the molecule is CN1CCN(C(=O)c2ccc(N3CCNCC3)c(NS(=O)(=O)c3ccc(Cl)cc3)c2)CC1.O=C(O)C(F)(F)F. The van der Waals surface area contributed by atoms with E-state index in [0.717, 1.165) is 45.0 Å². The third kappa shape index (κ3) is 8.46. The quantitative estimate of drug-likeness (QED) is 0.485. The minimum atomic E-state index is -5.08. The van der Waals surface area contributed by atoms with Crippen LogP contribution in [-0.4, -0.2) is 101 Å². The van der Waals surface area contributed by atoms with E-state index in [-0.39, 0.29) is 10.8 Å². The molecule has 2 heterocycles. The highest BCUT2D eigenvalue weighted by atomic mass is 35.5. The maximum absolute atomic E-state index is 13.1. The van der Waals surface area contributed by atoms with Crippen molar-refractivity contribution in [2.75, 3.05) is 69.0 Å². The summed E-state index contributed by atoms with van der Waals surface area (Å²) in [5.74, 6) is -2.84. The van der Waals surface area contributed by atoms with Crippen molar-refractivity contribution in [2.24, 2.45) is 0 Å². The normalized spacial score (nSPS) is 16.7. The monoisotopic (exact) mass is 591 g/mol. The zero-order chi connectivity index (χ0) is 28.8. The first-order chi connectivity index (χ1) is 18.3. The van der Waals surface area contributed by atoms with Crippen LogP contribution in [0.15, 0.2) is 47.4 Å². The standard InChI is InChI=1S/C22H28ClN5O3S.C2HF3O2/c1-26-12-14-28(15-13-26)22(29)17-2-7-21(27-10-8-24-9-11-27)20(16-17)25-32(30,31)19-5-3-18(23)4-6-19;3-2(4,5)1(6)7/h2-7,16,24-25H,8-15H2,1H3;(H,6,7). The lowest BCUT2D eigenvalue weighted by Gasteiger charge is -2.33. The zero-order valence-electron chi connectivity index (χ0n) is 21.0. The van der Waals surface area contributed by atoms with Gasteiger partial charge in [-0.3, -0.25) is 9.52 Å². The van der Waals surface area contributed by atoms with Crippen molar-refractivity contribution in [3.63, 3.8) is 0 Å². The molecule has 4 rings (SSSR count). The van der Waals surface area contributed by atoms with Crippen LogP contribution in [0.4, 0.5) is 24.5 Å². The predicted octanol–water partition coefficient (Wildman–Crippen LogP) is 2.57. The highest BCUT2D eigenvalue weighted by molar-refractivity contribution is 7.92. The van der Waals surface area contributed by atoms with Crippen LogP contribution >= 0.6 is 11.6 Å². The summed E-state index contributed by atoms with van der Waals surface area (Å²) < 4.78 is 60.6. The molecule has 0 atom stereocenters. The van der Waals surface area contributed by atoms with Gasteiger partial charge in [-0.05, 0) is 49.5 Å². The van der Waals surface area contributed by atoms with Crippen molar-refractivity contribution >= 4 is 44.9 Å². The Hall–Kier alpha value is -3.07. The molecule has 39 heavy (non-hydrogen) atoms. The van der Waals surface area contributed by atoms with E-state index in [1.54, 1.807) is 24.3 Å². The fourth-order valence-corrected chi connectivity index (χ4v) is 5.13. The molecule has 214 valence electrons. The van der Waals surface area contributed by atoms with Crippen LogP contribution in [0.25, 0.3) is 0 Å². The van der Waals surface area contributed by atoms with E-state index in [2.05, 4.69) is 19.8 Å². The van der Waals surface area contributed by atoms with Gasteiger partial charge in [0.2, 0.25) is 0 Å². The zero-order valence-corrected chi connectivity index (χ0v) is 22.6. The number of amides is 1. The maximum atomic E-state index is 13.1. The fraction of sp³-hybridized carbons (Fsp3) is 0.417. The number of rotatable bonds is 5. The van der Waals surface area contributed by atoms with Gasteiger partial charge in [-0.25, -0.2) is 13.2 Å². The van der Waals surface area contributed by atoms with Crippen molar-refractivity contribution in [3.8, 4) is 0 Å². The van der Waals surface area contributed by atoms with E-state index >= 15 is 0 Å². The number of nitrogens with one attached hydrogen (secondary N) is 2. The van der Waals surface area contributed by atoms with Gasteiger partial charge in [0.05, 0.1) is 16.3 Å². The third-order valence-electron chi connectivity index (χ3n) is 6.10. The lowest BCUT2D eigenvalue weighted by molar-refractivity contribution is -0.192. The maximum Gasteiger partial charge on any atom is 0.490 e. The van der Waals surface area contributed by atoms with Crippen LogP contribution in [0, 0.1) is 0 Å². The molecule has 2 fully saturated rings. The molecule has 15 heteroatoms. The number of aliphatic carboxylic acids is 1. The molecule has 0 spiro atoms. The molecule has 0 unspecified atom stereocenters. The van der Waals surface area contributed by atoms with E-state index < -0.39 is 22.2 Å². The number of carbonyl (C=O) groups is 2. The molecule has 0 aliphatic carbocycles. The Morgan fingerprint density at radius 2 is 1.54 bits per heavy atom. The van der Waals surface area contributed by atoms with Crippen molar-refractivity contribution in [1.29, 1.82) is 0 Å². The summed E-state index contributed by atoms with van der Waals surface area (Å²) >= 11 is 5.91. The second-order valence-corrected chi connectivity index (χ2v) is 11.0. The Kier molecular flexibility index (Phi) is 10.0. The molecular formula is C24H29ClF3N5O5S. The second kappa shape index (κ2) is 12.9. The van der Waals surface area contributed by atoms with Crippen molar-refractivity contribution in [2.45, 2.75) is 11.1 Å². The number of halogens is 4. The van der Waals surface area contributed by atoms with Gasteiger partial charge in [-0.15, -0.1) is 0 Å². The Labute approximate surface area is 229 Å². The highest BCUT2D eigenvalue weighted by Gasteiger charge is 2.38. The van der Waals surface area contributed by atoms with Gasteiger partial charge in [-0.2, -0.15) is 13.2 Å². The number of likely N-dealkylation sites (N-methyl/N-ethyl adjacent to an activating group) is 1. The fourth-order valence-electron chi connectivity index (χ4n) is 3.94. The topological polar surface area (TPSA) is 122 Å². The number of carbonyl (C=O) groups excluding carboxylic acids is 1. The van der Waals surface area contributed by atoms with E-state index in [9.17, 15) is 26.4 Å². The van der Waals surface area contributed by atoms with E-state index in [0.29, 0.717) is 29.4 Å². The minimum Gasteiger partial charge on any atom is -0.475 e. The number of anilines is 2. The molecule has 3 N–H and O–H groups in total. The van der Waals surface area contributed by atoms with Gasteiger partial charge in [0.15, 0.2) is 0 Å². The van der Waals surface area contributed by atoms with Crippen molar-refractivity contribution in [1.82, 2.24) is 15.1 Å². The third-order valence-corrected chi connectivity index (χ3v) is 7.74. The molecule has 0 bridgehead atoms. The number of carboxylic acid groups (broad SMARTS) is 1. The average Bonchev–Trinajstić information content (AvgIpc) is 2.89. The molecule has 0 aromatic heterocycles. The molecule has 2 aliphatic rings. The summed E-state index contributed by atoms with van der Waals surface area (Å²) in [5, 5.41) is 10.9. The molecule has 0 radical (unpaired) electrons. The molecular weight excluding hydrogens is 563 g/mol. The summed E-state index contributed by atoms with van der Waals surface area (Å²) in [4.78, 5) is 28.2.